The third-order valence-corrected chi connectivity index (χ3v) is 4.57. The molecule has 0 saturated carbocycles. The first-order valence-electron chi connectivity index (χ1n) is 8.27. The van der Waals surface area contributed by atoms with Gasteiger partial charge in [-0.3, -0.25) is 0 Å². The average Bonchev–Trinajstić information content (AvgIpc) is 2.55. The van der Waals surface area contributed by atoms with E-state index >= 15 is 0 Å². The SMILES string of the molecule is C=C(C)COc1ccc(NC(=O)N[C@H]2CN3CCC2CC3)cc1. The molecule has 3 aliphatic rings. The Morgan fingerprint density at radius 2 is 2.00 bits per heavy atom. The number of nitrogens with zero attached hydrogens (tertiary/aromatic N) is 1. The van der Waals surface area contributed by atoms with E-state index in [4.69, 9.17) is 4.74 Å². The number of ether oxygens (including phenoxy) is 1. The zero-order valence-corrected chi connectivity index (χ0v) is 13.7. The van der Waals surface area contributed by atoms with Crippen LogP contribution in [0.4, 0.5) is 10.5 Å². The largest absolute Gasteiger partial charge is 0.489 e. The van der Waals surface area contributed by atoms with Crippen LogP contribution in [0.25, 0.3) is 0 Å². The van der Waals surface area contributed by atoms with Crippen molar-refractivity contribution in [3.05, 3.63) is 36.4 Å². The van der Waals surface area contributed by atoms with Gasteiger partial charge in [0.25, 0.3) is 0 Å². The predicted molar refractivity (Wildman–Crippen MR) is 91.9 cm³/mol. The second-order valence-electron chi connectivity index (χ2n) is 6.61. The van der Waals surface area contributed by atoms with Crippen molar-refractivity contribution >= 4 is 11.7 Å². The minimum Gasteiger partial charge on any atom is -0.489 e. The molecule has 124 valence electrons. The first-order chi connectivity index (χ1) is 11.1. The summed E-state index contributed by atoms with van der Waals surface area (Å²) in [6, 6.07) is 7.56. The molecular formula is C18H25N3O2. The van der Waals surface area contributed by atoms with Gasteiger partial charge in [-0.1, -0.05) is 6.58 Å². The van der Waals surface area contributed by atoms with Crippen LogP contribution in [-0.2, 0) is 0 Å². The number of hydrogen-bond acceptors (Lipinski definition) is 3. The van der Waals surface area contributed by atoms with E-state index in [2.05, 4.69) is 22.1 Å². The van der Waals surface area contributed by atoms with Crippen LogP contribution in [0.1, 0.15) is 19.8 Å². The lowest BCUT2D eigenvalue weighted by atomic mass is 9.84. The van der Waals surface area contributed by atoms with Crippen molar-refractivity contribution < 1.29 is 9.53 Å². The van der Waals surface area contributed by atoms with Crippen molar-refractivity contribution in [2.24, 2.45) is 5.92 Å². The molecule has 5 heteroatoms. The Hall–Kier alpha value is -2.01. The number of anilines is 1. The first-order valence-corrected chi connectivity index (χ1v) is 8.27. The standard InChI is InChI=1S/C18H25N3O2/c1-13(2)12-23-16-5-3-15(4-6-16)19-18(22)20-17-11-21-9-7-14(17)8-10-21/h3-6,14,17H,1,7-12H2,2H3,(H2,19,20,22)/t17-/m0/s1. The lowest BCUT2D eigenvalue weighted by molar-refractivity contribution is 0.0777. The molecular weight excluding hydrogens is 290 g/mol. The molecule has 2 amide bonds. The number of piperidine rings is 3. The number of carbonyl (C=O) groups is 1. The van der Waals surface area contributed by atoms with Gasteiger partial charge in [0.15, 0.2) is 0 Å². The molecule has 3 saturated heterocycles. The number of hydrogen-bond donors (Lipinski definition) is 2. The highest BCUT2D eigenvalue weighted by Crippen LogP contribution is 2.27. The molecule has 0 unspecified atom stereocenters. The summed E-state index contributed by atoms with van der Waals surface area (Å²) in [6.07, 6.45) is 2.39. The summed E-state index contributed by atoms with van der Waals surface area (Å²) in [7, 11) is 0. The Morgan fingerprint density at radius 1 is 1.30 bits per heavy atom. The van der Waals surface area contributed by atoms with Gasteiger partial charge in [0.2, 0.25) is 0 Å². The van der Waals surface area contributed by atoms with Gasteiger partial charge in [-0.2, -0.15) is 0 Å². The van der Waals surface area contributed by atoms with Crippen LogP contribution in [0.15, 0.2) is 36.4 Å². The van der Waals surface area contributed by atoms with E-state index in [1.807, 2.05) is 31.2 Å². The van der Waals surface area contributed by atoms with Crippen LogP contribution in [0.2, 0.25) is 0 Å². The van der Waals surface area contributed by atoms with Crippen LogP contribution in [-0.4, -0.2) is 43.2 Å². The molecule has 0 radical (unpaired) electrons. The summed E-state index contributed by atoms with van der Waals surface area (Å²) in [5, 5.41) is 6.02. The highest BCUT2D eigenvalue weighted by molar-refractivity contribution is 5.89. The van der Waals surface area contributed by atoms with Crippen molar-refractivity contribution in [3.63, 3.8) is 0 Å². The predicted octanol–water partition coefficient (Wildman–Crippen LogP) is 2.86. The van der Waals surface area contributed by atoms with E-state index in [9.17, 15) is 4.79 Å². The zero-order valence-electron chi connectivity index (χ0n) is 13.7. The molecule has 2 bridgehead atoms. The summed E-state index contributed by atoms with van der Waals surface area (Å²) in [5.41, 5.74) is 1.75. The van der Waals surface area contributed by atoms with Crippen molar-refractivity contribution in [1.29, 1.82) is 0 Å². The van der Waals surface area contributed by atoms with E-state index in [-0.39, 0.29) is 12.1 Å². The topological polar surface area (TPSA) is 53.6 Å². The highest BCUT2D eigenvalue weighted by atomic mass is 16.5. The van der Waals surface area contributed by atoms with Gasteiger partial charge in [-0.25, -0.2) is 4.79 Å². The van der Waals surface area contributed by atoms with Crippen LogP contribution in [0, 0.1) is 5.92 Å². The quantitative estimate of drug-likeness (QED) is 0.822. The van der Waals surface area contributed by atoms with E-state index in [0.29, 0.717) is 12.5 Å². The summed E-state index contributed by atoms with van der Waals surface area (Å²) < 4.78 is 5.55. The van der Waals surface area contributed by atoms with Gasteiger partial charge in [0, 0.05) is 18.3 Å². The van der Waals surface area contributed by atoms with E-state index in [1.165, 1.54) is 25.9 Å². The number of fused-ring (bicyclic) bond motifs is 3. The van der Waals surface area contributed by atoms with E-state index in [1.54, 1.807) is 0 Å². The van der Waals surface area contributed by atoms with Crippen LogP contribution in [0.5, 0.6) is 5.75 Å². The summed E-state index contributed by atoms with van der Waals surface area (Å²) >= 11 is 0. The molecule has 0 aromatic heterocycles. The number of urea groups is 1. The van der Waals surface area contributed by atoms with E-state index in [0.717, 1.165) is 23.6 Å². The molecule has 3 aliphatic heterocycles. The highest BCUT2D eigenvalue weighted by Gasteiger charge is 2.34. The van der Waals surface area contributed by atoms with Crippen molar-refractivity contribution in [2.75, 3.05) is 31.6 Å². The summed E-state index contributed by atoms with van der Waals surface area (Å²) in [5.74, 6) is 1.40. The van der Waals surface area contributed by atoms with Gasteiger partial charge in [-0.05, 0) is 68.6 Å². The van der Waals surface area contributed by atoms with Gasteiger partial charge >= 0.3 is 6.03 Å². The fourth-order valence-corrected chi connectivity index (χ4v) is 3.31. The fourth-order valence-electron chi connectivity index (χ4n) is 3.31. The molecule has 0 spiro atoms. The molecule has 1 aromatic carbocycles. The lowest BCUT2D eigenvalue weighted by Crippen LogP contribution is -2.57. The Kier molecular flexibility index (Phi) is 4.86. The lowest BCUT2D eigenvalue weighted by Gasteiger charge is -2.44. The monoisotopic (exact) mass is 315 g/mol. The third-order valence-electron chi connectivity index (χ3n) is 4.57. The molecule has 1 atom stereocenters. The van der Waals surface area contributed by atoms with Gasteiger partial charge in [0.1, 0.15) is 12.4 Å². The van der Waals surface area contributed by atoms with Crippen LogP contribution < -0.4 is 15.4 Å². The Bertz CT molecular complexity index is 562. The van der Waals surface area contributed by atoms with Crippen molar-refractivity contribution in [2.45, 2.75) is 25.8 Å². The molecule has 1 aromatic rings. The second kappa shape index (κ2) is 7.04. The minimum absolute atomic E-state index is 0.126. The Labute approximate surface area is 137 Å². The molecule has 4 rings (SSSR count). The maximum atomic E-state index is 12.2. The number of benzene rings is 1. The maximum Gasteiger partial charge on any atom is 0.319 e. The van der Waals surface area contributed by atoms with E-state index < -0.39 is 0 Å². The summed E-state index contributed by atoms with van der Waals surface area (Å²) in [4.78, 5) is 14.6. The first kappa shape index (κ1) is 15.9. The zero-order chi connectivity index (χ0) is 16.2. The molecule has 3 heterocycles. The smallest absolute Gasteiger partial charge is 0.319 e. The van der Waals surface area contributed by atoms with Gasteiger partial charge < -0.3 is 20.3 Å². The molecule has 2 N–H and O–H groups in total. The van der Waals surface area contributed by atoms with Crippen LogP contribution >= 0.6 is 0 Å². The maximum absolute atomic E-state index is 12.2. The minimum atomic E-state index is -0.126. The summed E-state index contributed by atoms with van der Waals surface area (Å²) in [6.45, 7) is 9.57. The molecule has 3 fully saturated rings. The van der Waals surface area contributed by atoms with Gasteiger partial charge in [-0.15, -0.1) is 0 Å². The van der Waals surface area contributed by atoms with Crippen molar-refractivity contribution in [1.82, 2.24) is 10.2 Å². The normalized spacial score (nSPS) is 25.7. The number of amides is 2. The molecule has 0 aliphatic carbocycles. The number of carbonyl (C=O) groups excluding carboxylic acids is 1. The molecule has 5 nitrogen and oxygen atoms in total. The second-order valence-corrected chi connectivity index (χ2v) is 6.61. The average molecular weight is 315 g/mol. The Balaban J connectivity index is 1.48. The van der Waals surface area contributed by atoms with Crippen LogP contribution in [0.3, 0.4) is 0 Å². The molecule has 23 heavy (non-hydrogen) atoms. The Morgan fingerprint density at radius 3 is 2.57 bits per heavy atom. The number of rotatable bonds is 5. The fraction of sp³-hybridized carbons (Fsp3) is 0.500. The van der Waals surface area contributed by atoms with Gasteiger partial charge in [0.05, 0.1) is 0 Å². The third kappa shape index (κ3) is 4.26. The number of nitrogens with one attached hydrogen (secondary N) is 2. The van der Waals surface area contributed by atoms with Crippen molar-refractivity contribution in [3.8, 4) is 5.75 Å².